The van der Waals surface area contributed by atoms with Gasteiger partial charge in [0.2, 0.25) is 0 Å². The molecule has 2 rings (SSSR count). The van der Waals surface area contributed by atoms with Crippen molar-refractivity contribution in [3.8, 4) is 5.75 Å². The summed E-state index contributed by atoms with van der Waals surface area (Å²) >= 11 is 7.15. The Kier molecular flexibility index (Phi) is 4.51. The van der Waals surface area contributed by atoms with Gasteiger partial charge in [0.25, 0.3) is 0 Å². The molecule has 0 saturated carbocycles. The Labute approximate surface area is 124 Å². The maximum absolute atomic E-state index is 5.77. The monoisotopic (exact) mass is 372 g/mol. The highest BCUT2D eigenvalue weighted by atomic mass is 79.9. The Bertz CT molecular complexity index is 534. The minimum Gasteiger partial charge on any atom is -0.496 e. The van der Waals surface area contributed by atoms with Crippen LogP contribution in [-0.4, -0.2) is 7.11 Å². The van der Waals surface area contributed by atoms with Crippen LogP contribution in [0.2, 0.25) is 0 Å². The molecule has 18 heavy (non-hydrogen) atoms. The third-order valence-electron chi connectivity index (χ3n) is 2.75. The number of ether oxygens (including phenoxy) is 1. The first kappa shape index (κ1) is 13.7. The molecule has 96 valence electrons. The van der Waals surface area contributed by atoms with E-state index in [-0.39, 0.29) is 4.83 Å². The van der Waals surface area contributed by atoms with E-state index in [4.69, 9.17) is 9.15 Å². The molecule has 0 saturated heterocycles. The van der Waals surface area contributed by atoms with E-state index >= 15 is 0 Å². The van der Waals surface area contributed by atoms with E-state index < -0.39 is 0 Å². The molecular weight excluding hydrogens is 360 g/mol. The molecule has 0 amide bonds. The molecule has 1 unspecified atom stereocenters. The largest absolute Gasteiger partial charge is 0.496 e. The topological polar surface area (TPSA) is 22.4 Å². The van der Waals surface area contributed by atoms with Gasteiger partial charge in [-0.2, -0.15) is 0 Å². The van der Waals surface area contributed by atoms with Crippen LogP contribution in [0.5, 0.6) is 5.75 Å². The molecular formula is C14H14Br2O2. The Morgan fingerprint density at radius 1 is 1.28 bits per heavy atom. The fraction of sp³-hybridized carbons (Fsp3) is 0.286. The minimum atomic E-state index is -0.00903. The third-order valence-corrected chi connectivity index (χ3v) is 4.18. The van der Waals surface area contributed by atoms with Crippen LogP contribution < -0.4 is 4.74 Å². The number of aryl methyl sites for hydroxylation is 1. The first-order valence-electron chi connectivity index (χ1n) is 5.71. The number of hydrogen-bond donors (Lipinski definition) is 0. The van der Waals surface area contributed by atoms with E-state index in [1.165, 1.54) is 0 Å². The van der Waals surface area contributed by atoms with Gasteiger partial charge in [-0.1, -0.05) is 38.8 Å². The van der Waals surface area contributed by atoms with Gasteiger partial charge in [-0.3, -0.25) is 0 Å². The fourth-order valence-corrected chi connectivity index (χ4v) is 2.76. The van der Waals surface area contributed by atoms with E-state index in [1.807, 2.05) is 30.3 Å². The van der Waals surface area contributed by atoms with Crippen molar-refractivity contribution in [2.75, 3.05) is 7.11 Å². The lowest BCUT2D eigenvalue weighted by molar-refractivity contribution is 0.407. The van der Waals surface area contributed by atoms with E-state index in [0.717, 1.165) is 33.7 Å². The molecule has 0 aliphatic rings. The second-order valence-corrected chi connectivity index (χ2v) is 5.74. The van der Waals surface area contributed by atoms with Gasteiger partial charge in [0, 0.05) is 16.5 Å². The number of methoxy groups -OCH3 is 1. The fourth-order valence-electron chi connectivity index (χ4n) is 1.78. The summed E-state index contributed by atoms with van der Waals surface area (Å²) in [7, 11) is 1.67. The van der Waals surface area contributed by atoms with Crippen molar-refractivity contribution in [1.82, 2.24) is 0 Å². The van der Waals surface area contributed by atoms with Crippen LogP contribution in [-0.2, 0) is 6.42 Å². The third kappa shape index (κ3) is 2.81. The summed E-state index contributed by atoms with van der Waals surface area (Å²) in [6.07, 6.45) is 0.898. The van der Waals surface area contributed by atoms with Crippen LogP contribution in [0.25, 0.3) is 0 Å². The SMILES string of the molecule is CCc1ccc(C(Br)c2cc(Br)ccc2OC)o1. The Hall–Kier alpha value is -0.740. The van der Waals surface area contributed by atoms with Crippen molar-refractivity contribution in [3.63, 3.8) is 0 Å². The van der Waals surface area contributed by atoms with Crippen LogP contribution in [0.15, 0.2) is 39.2 Å². The second-order valence-electron chi connectivity index (χ2n) is 3.91. The number of benzene rings is 1. The number of alkyl halides is 1. The van der Waals surface area contributed by atoms with Crippen LogP contribution >= 0.6 is 31.9 Å². The Balaban J connectivity index is 2.38. The molecule has 0 bridgehead atoms. The average Bonchev–Trinajstić information content (AvgIpc) is 2.86. The van der Waals surface area contributed by atoms with Gasteiger partial charge in [0.15, 0.2) is 0 Å². The quantitative estimate of drug-likeness (QED) is 0.696. The minimum absolute atomic E-state index is 0.00903. The standard InChI is InChI=1S/C14H14Br2O2/c1-3-10-5-7-13(18-10)14(16)11-8-9(15)4-6-12(11)17-2/h4-8,14H,3H2,1-2H3. The highest BCUT2D eigenvalue weighted by Crippen LogP contribution is 2.38. The van der Waals surface area contributed by atoms with E-state index in [2.05, 4.69) is 38.8 Å². The molecule has 0 fully saturated rings. The molecule has 0 aliphatic heterocycles. The van der Waals surface area contributed by atoms with Crippen molar-refractivity contribution in [2.24, 2.45) is 0 Å². The van der Waals surface area contributed by atoms with E-state index in [9.17, 15) is 0 Å². The van der Waals surface area contributed by atoms with Crippen LogP contribution in [0.4, 0.5) is 0 Å². The number of rotatable bonds is 4. The number of halogens is 2. The molecule has 4 heteroatoms. The van der Waals surface area contributed by atoms with Crippen LogP contribution in [0.3, 0.4) is 0 Å². The van der Waals surface area contributed by atoms with Crippen molar-refractivity contribution < 1.29 is 9.15 Å². The molecule has 1 aromatic heterocycles. The van der Waals surface area contributed by atoms with Crippen LogP contribution in [0.1, 0.15) is 28.8 Å². The molecule has 0 radical (unpaired) electrons. The van der Waals surface area contributed by atoms with Crippen LogP contribution in [0, 0.1) is 0 Å². The predicted octanol–water partition coefficient (Wildman–Crippen LogP) is 5.10. The van der Waals surface area contributed by atoms with E-state index in [1.54, 1.807) is 7.11 Å². The van der Waals surface area contributed by atoms with Crippen molar-refractivity contribution >= 4 is 31.9 Å². The van der Waals surface area contributed by atoms with Gasteiger partial charge in [-0.15, -0.1) is 0 Å². The number of furan rings is 1. The lowest BCUT2D eigenvalue weighted by atomic mass is 10.1. The second kappa shape index (κ2) is 5.93. The maximum atomic E-state index is 5.77. The zero-order valence-electron chi connectivity index (χ0n) is 10.2. The summed E-state index contributed by atoms with van der Waals surface area (Å²) in [6, 6.07) is 9.94. The first-order chi connectivity index (χ1) is 8.65. The summed E-state index contributed by atoms with van der Waals surface area (Å²) < 4.78 is 12.2. The van der Waals surface area contributed by atoms with Crippen molar-refractivity contribution in [3.05, 3.63) is 51.9 Å². The average molecular weight is 374 g/mol. The summed E-state index contributed by atoms with van der Waals surface area (Å²) in [4.78, 5) is -0.00903. The first-order valence-corrected chi connectivity index (χ1v) is 7.42. The van der Waals surface area contributed by atoms with Crippen molar-refractivity contribution in [2.45, 2.75) is 18.2 Å². The zero-order chi connectivity index (χ0) is 13.1. The number of hydrogen-bond acceptors (Lipinski definition) is 2. The van der Waals surface area contributed by atoms with Gasteiger partial charge < -0.3 is 9.15 Å². The molecule has 0 N–H and O–H groups in total. The molecule has 2 aromatic rings. The predicted molar refractivity (Wildman–Crippen MR) is 79.6 cm³/mol. The molecule has 1 atom stereocenters. The molecule has 2 nitrogen and oxygen atoms in total. The van der Waals surface area contributed by atoms with E-state index in [0.29, 0.717) is 0 Å². The summed E-state index contributed by atoms with van der Waals surface area (Å²) in [5, 5.41) is 0. The van der Waals surface area contributed by atoms with Gasteiger partial charge in [-0.05, 0) is 30.3 Å². The zero-order valence-corrected chi connectivity index (χ0v) is 13.4. The van der Waals surface area contributed by atoms with Gasteiger partial charge in [0.1, 0.15) is 22.1 Å². The highest BCUT2D eigenvalue weighted by Gasteiger charge is 2.18. The lowest BCUT2D eigenvalue weighted by Crippen LogP contribution is -1.96. The highest BCUT2D eigenvalue weighted by molar-refractivity contribution is 9.10. The molecule has 0 aliphatic carbocycles. The smallest absolute Gasteiger partial charge is 0.123 e. The summed E-state index contributed by atoms with van der Waals surface area (Å²) in [6.45, 7) is 2.07. The Morgan fingerprint density at radius 3 is 2.67 bits per heavy atom. The van der Waals surface area contributed by atoms with Gasteiger partial charge in [0.05, 0.1) is 7.11 Å². The summed E-state index contributed by atoms with van der Waals surface area (Å²) in [5.41, 5.74) is 1.05. The normalized spacial score (nSPS) is 12.4. The Morgan fingerprint density at radius 2 is 2.06 bits per heavy atom. The maximum Gasteiger partial charge on any atom is 0.123 e. The molecule has 1 heterocycles. The molecule has 0 spiro atoms. The van der Waals surface area contributed by atoms with Gasteiger partial charge >= 0.3 is 0 Å². The molecule has 1 aromatic carbocycles. The summed E-state index contributed by atoms with van der Waals surface area (Å²) in [5.74, 6) is 2.72. The lowest BCUT2D eigenvalue weighted by Gasteiger charge is -2.13. The van der Waals surface area contributed by atoms with Gasteiger partial charge in [-0.25, -0.2) is 0 Å². The van der Waals surface area contributed by atoms with Crippen molar-refractivity contribution in [1.29, 1.82) is 0 Å².